The first-order valence-corrected chi connectivity index (χ1v) is 8.06. The van der Waals surface area contributed by atoms with Crippen molar-refractivity contribution in [3.63, 3.8) is 0 Å². The Kier molecular flexibility index (Phi) is 5.11. The Labute approximate surface area is 141 Å². The van der Waals surface area contributed by atoms with Gasteiger partial charge in [0.2, 0.25) is 5.91 Å². The van der Waals surface area contributed by atoms with Crippen LogP contribution in [0, 0.1) is 5.82 Å². The van der Waals surface area contributed by atoms with Crippen molar-refractivity contribution in [1.29, 1.82) is 0 Å². The molecule has 1 aliphatic rings. The first-order chi connectivity index (χ1) is 11.7. The predicted molar refractivity (Wildman–Crippen MR) is 90.4 cm³/mol. The Morgan fingerprint density at radius 2 is 2.12 bits per heavy atom. The SMILES string of the molecule is COc1ccccc1CC(=O)N1CCNCC1c1cccc(F)c1. The number of nitrogens with zero attached hydrogens (tertiary/aromatic N) is 1. The van der Waals surface area contributed by atoms with Crippen LogP contribution in [0.25, 0.3) is 0 Å². The highest BCUT2D eigenvalue weighted by atomic mass is 19.1. The van der Waals surface area contributed by atoms with Crippen molar-refractivity contribution in [3.8, 4) is 5.75 Å². The first kappa shape index (κ1) is 16.5. The molecule has 1 saturated heterocycles. The molecule has 24 heavy (non-hydrogen) atoms. The van der Waals surface area contributed by atoms with Crippen molar-refractivity contribution in [2.24, 2.45) is 0 Å². The lowest BCUT2D eigenvalue weighted by atomic mass is 10.0. The second kappa shape index (κ2) is 7.45. The van der Waals surface area contributed by atoms with Gasteiger partial charge in [-0.2, -0.15) is 0 Å². The third-order valence-corrected chi connectivity index (χ3v) is 4.33. The zero-order valence-electron chi connectivity index (χ0n) is 13.7. The lowest BCUT2D eigenvalue weighted by Crippen LogP contribution is -2.49. The molecular weight excluding hydrogens is 307 g/mol. The predicted octanol–water partition coefficient (Wildman–Crippen LogP) is 2.55. The maximum absolute atomic E-state index is 13.6. The highest BCUT2D eigenvalue weighted by Gasteiger charge is 2.28. The van der Waals surface area contributed by atoms with E-state index in [4.69, 9.17) is 4.74 Å². The number of carbonyl (C=O) groups excluding carboxylic acids is 1. The van der Waals surface area contributed by atoms with Crippen molar-refractivity contribution in [2.75, 3.05) is 26.7 Å². The summed E-state index contributed by atoms with van der Waals surface area (Å²) in [5.74, 6) is 0.453. The van der Waals surface area contributed by atoms with Crippen molar-refractivity contribution in [1.82, 2.24) is 10.2 Å². The van der Waals surface area contributed by atoms with Gasteiger partial charge < -0.3 is 15.0 Å². The van der Waals surface area contributed by atoms with E-state index in [0.29, 0.717) is 18.8 Å². The van der Waals surface area contributed by atoms with Crippen LogP contribution in [0.2, 0.25) is 0 Å². The van der Waals surface area contributed by atoms with Crippen molar-refractivity contribution in [3.05, 3.63) is 65.5 Å². The largest absolute Gasteiger partial charge is 0.496 e. The fourth-order valence-electron chi connectivity index (χ4n) is 3.13. The minimum absolute atomic E-state index is 0.0234. The Morgan fingerprint density at radius 3 is 2.92 bits per heavy atom. The second-order valence-electron chi connectivity index (χ2n) is 5.85. The molecule has 2 aromatic rings. The summed E-state index contributed by atoms with van der Waals surface area (Å²) in [6.07, 6.45) is 0.274. The fourth-order valence-corrected chi connectivity index (χ4v) is 3.13. The fraction of sp³-hybridized carbons (Fsp3) is 0.316. The average molecular weight is 328 g/mol. The van der Waals surface area contributed by atoms with Crippen molar-refractivity contribution >= 4 is 5.91 Å². The van der Waals surface area contributed by atoms with Crippen LogP contribution >= 0.6 is 0 Å². The normalized spacial score (nSPS) is 17.6. The zero-order chi connectivity index (χ0) is 16.9. The highest BCUT2D eigenvalue weighted by Crippen LogP contribution is 2.25. The van der Waals surface area contributed by atoms with Crippen LogP contribution in [0.5, 0.6) is 5.75 Å². The average Bonchev–Trinajstić information content (AvgIpc) is 2.62. The first-order valence-electron chi connectivity index (χ1n) is 8.06. The molecule has 1 aliphatic heterocycles. The number of hydrogen-bond donors (Lipinski definition) is 1. The van der Waals surface area contributed by atoms with E-state index >= 15 is 0 Å². The van der Waals surface area contributed by atoms with Crippen LogP contribution < -0.4 is 10.1 Å². The molecule has 3 rings (SSSR count). The minimum Gasteiger partial charge on any atom is -0.496 e. The molecular formula is C19H21FN2O2. The third-order valence-electron chi connectivity index (χ3n) is 4.33. The van der Waals surface area contributed by atoms with E-state index in [1.165, 1.54) is 12.1 Å². The van der Waals surface area contributed by atoms with Gasteiger partial charge in [0.1, 0.15) is 11.6 Å². The molecule has 126 valence electrons. The maximum atomic E-state index is 13.6. The van der Waals surface area contributed by atoms with Gasteiger partial charge in [-0.3, -0.25) is 4.79 Å². The number of methoxy groups -OCH3 is 1. The van der Waals surface area contributed by atoms with Crippen LogP contribution in [0.4, 0.5) is 4.39 Å². The summed E-state index contributed by atoms with van der Waals surface area (Å²) in [4.78, 5) is 14.7. The molecule has 1 unspecified atom stereocenters. The van der Waals surface area contributed by atoms with Crippen LogP contribution in [-0.4, -0.2) is 37.6 Å². The maximum Gasteiger partial charge on any atom is 0.227 e. The molecule has 0 aliphatic carbocycles. The van der Waals surface area contributed by atoms with Crippen molar-refractivity contribution in [2.45, 2.75) is 12.5 Å². The van der Waals surface area contributed by atoms with E-state index in [9.17, 15) is 9.18 Å². The molecule has 0 spiro atoms. The Bertz CT molecular complexity index is 720. The van der Waals surface area contributed by atoms with E-state index in [1.54, 1.807) is 13.2 Å². The number of ether oxygens (including phenoxy) is 1. The molecule has 1 N–H and O–H groups in total. The number of para-hydroxylation sites is 1. The number of rotatable bonds is 4. The molecule has 0 aromatic heterocycles. The molecule has 0 radical (unpaired) electrons. The van der Waals surface area contributed by atoms with Gasteiger partial charge in [0, 0.05) is 25.2 Å². The molecule has 0 bridgehead atoms. The number of amides is 1. The molecule has 5 heteroatoms. The molecule has 4 nitrogen and oxygen atoms in total. The smallest absolute Gasteiger partial charge is 0.227 e. The van der Waals surface area contributed by atoms with Crippen LogP contribution in [0.1, 0.15) is 17.2 Å². The molecule has 1 atom stereocenters. The standard InChI is InChI=1S/C19H21FN2O2/c1-24-18-8-3-2-5-15(18)12-19(23)22-10-9-21-13-17(22)14-6-4-7-16(20)11-14/h2-8,11,17,21H,9-10,12-13H2,1H3. The van der Waals surface area contributed by atoms with E-state index in [0.717, 1.165) is 17.7 Å². The monoisotopic (exact) mass is 328 g/mol. The Morgan fingerprint density at radius 1 is 1.29 bits per heavy atom. The van der Waals surface area contributed by atoms with E-state index < -0.39 is 0 Å². The Hall–Kier alpha value is -2.40. The highest BCUT2D eigenvalue weighted by molar-refractivity contribution is 5.80. The lowest BCUT2D eigenvalue weighted by molar-refractivity contribution is -0.133. The summed E-state index contributed by atoms with van der Waals surface area (Å²) in [6.45, 7) is 1.97. The van der Waals surface area contributed by atoms with Crippen molar-refractivity contribution < 1.29 is 13.9 Å². The number of nitrogens with one attached hydrogen (secondary N) is 1. The zero-order valence-corrected chi connectivity index (χ0v) is 13.7. The third kappa shape index (κ3) is 3.57. The van der Waals surface area contributed by atoms with Gasteiger partial charge in [-0.05, 0) is 23.8 Å². The van der Waals surface area contributed by atoms with Gasteiger partial charge >= 0.3 is 0 Å². The van der Waals surface area contributed by atoms with E-state index in [-0.39, 0.29) is 24.2 Å². The van der Waals surface area contributed by atoms with E-state index in [1.807, 2.05) is 35.2 Å². The summed E-state index contributed by atoms with van der Waals surface area (Å²) in [5, 5.41) is 3.28. The number of benzene rings is 2. The lowest BCUT2D eigenvalue weighted by Gasteiger charge is -2.36. The quantitative estimate of drug-likeness (QED) is 0.938. The molecule has 1 fully saturated rings. The van der Waals surface area contributed by atoms with Gasteiger partial charge in [-0.25, -0.2) is 4.39 Å². The molecule has 1 heterocycles. The molecule has 1 amide bonds. The van der Waals surface area contributed by atoms with Gasteiger partial charge in [0.25, 0.3) is 0 Å². The summed E-state index contributed by atoms with van der Waals surface area (Å²) in [5.41, 5.74) is 1.68. The number of hydrogen-bond acceptors (Lipinski definition) is 3. The minimum atomic E-state index is -0.282. The topological polar surface area (TPSA) is 41.6 Å². The second-order valence-corrected chi connectivity index (χ2v) is 5.85. The molecule has 2 aromatic carbocycles. The number of halogens is 1. The number of piperazine rings is 1. The van der Waals surface area contributed by atoms with Gasteiger partial charge in [0.05, 0.1) is 19.6 Å². The van der Waals surface area contributed by atoms with Crippen LogP contribution in [-0.2, 0) is 11.2 Å². The summed E-state index contributed by atoms with van der Waals surface area (Å²) in [7, 11) is 1.60. The number of carbonyl (C=O) groups is 1. The van der Waals surface area contributed by atoms with Crippen LogP contribution in [0.3, 0.4) is 0 Å². The van der Waals surface area contributed by atoms with E-state index in [2.05, 4.69) is 5.32 Å². The molecule has 0 saturated carbocycles. The van der Waals surface area contributed by atoms with Gasteiger partial charge in [-0.1, -0.05) is 30.3 Å². The van der Waals surface area contributed by atoms with Crippen LogP contribution in [0.15, 0.2) is 48.5 Å². The summed E-state index contributed by atoms with van der Waals surface area (Å²) >= 11 is 0. The summed E-state index contributed by atoms with van der Waals surface area (Å²) in [6, 6.07) is 13.8. The Balaban J connectivity index is 1.81. The van der Waals surface area contributed by atoms with Gasteiger partial charge in [-0.15, -0.1) is 0 Å². The van der Waals surface area contributed by atoms with Gasteiger partial charge in [0.15, 0.2) is 0 Å². The summed E-state index contributed by atoms with van der Waals surface area (Å²) < 4.78 is 18.9.